The van der Waals surface area contributed by atoms with Crippen molar-refractivity contribution < 1.29 is 9.59 Å². The highest BCUT2D eigenvalue weighted by Crippen LogP contribution is 2.50. The van der Waals surface area contributed by atoms with Crippen LogP contribution in [0.3, 0.4) is 0 Å². The monoisotopic (exact) mass is 406 g/mol. The van der Waals surface area contributed by atoms with Crippen molar-refractivity contribution in [3.8, 4) is 0 Å². The molecule has 0 radical (unpaired) electrons. The van der Waals surface area contributed by atoms with E-state index in [9.17, 15) is 9.59 Å². The zero-order valence-corrected chi connectivity index (χ0v) is 17.8. The molecule has 3 aliphatic rings. The summed E-state index contributed by atoms with van der Waals surface area (Å²) in [5.41, 5.74) is 1.07. The third kappa shape index (κ3) is 3.22. The van der Waals surface area contributed by atoms with Gasteiger partial charge in [-0.05, 0) is 51.2 Å². The highest BCUT2D eigenvalue weighted by molar-refractivity contribution is 5.96. The normalized spacial score (nSPS) is 26.4. The van der Waals surface area contributed by atoms with E-state index in [0.717, 1.165) is 25.2 Å². The Bertz CT molecular complexity index is 949. The van der Waals surface area contributed by atoms with Crippen LogP contribution in [-0.4, -0.2) is 57.3 Å². The van der Waals surface area contributed by atoms with Crippen LogP contribution >= 0.6 is 0 Å². The molecular formula is C24H30N4O2. The van der Waals surface area contributed by atoms with Crippen LogP contribution in [0.1, 0.15) is 61.1 Å². The first-order valence-corrected chi connectivity index (χ1v) is 11.1. The van der Waals surface area contributed by atoms with Gasteiger partial charge in [0.25, 0.3) is 5.91 Å². The minimum atomic E-state index is -0.546. The Balaban J connectivity index is 1.47. The molecule has 2 amide bonds. The van der Waals surface area contributed by atoms with E-state index in [1.807, 2.05) is 41.6 Å². The number of carbonyl (C=O) groups is 2. The number of nitrogens with zero attached hydrogens (tertiary/aromatic N) is 4. The molecule has 0 unspecified atom stereocenters. The Kier molecular flexibility index (Phi) is 4.68. The maximum absolute atomic E-state index is 13.7. The average Bonchev–Trinajstić information content (AvgIpc) is 3.17. The fraction of sp³-hybridized carbons (Fsp3) is 0.542. The van der Waals surface area contributed by atoms with Crippen molar-refractivity contribution in [2.75, 3.05) is 26.2 Å². The molecule has 2 saturated heterocycles. The van der Waals surface area contributed by atoms with Gasteiger partial charge in [0.15, 0.2) is 0 Å². The Morgan fingerprint density at radius 3 is 2.67 bits per heavy atom. The fourth-order valence-corrected chi connectivity index (χ4v) is 5.13. The molecule has 30 heavy (non-hydrogen) atoms. The number of likely N-dealkylation sites (tertiary alicyclic amines) is 2. The molecule has 5 rings (SSSR count). The first-order valence-electron chi connectivity index (χ1n) is 11.1. The van der Waals surface area contributed by atoms with Crippen LogP contribution < -0.4 is 0 Å². The molecule has 6 nitrogen and oxygen atoms in total. The van der Waals surface area contributed by atoms with Gasteiger partial charge in [-0.3, -0.25) is 9.59 Å². The summed E-state index contributed by atoms with van der Waals surface area (Å²) in [6, 6.07) is 9.71. The van der Waals surface area contributed by atoms with E-state index < -0.39 is 5.41 Å². The Hall–Kier alpha value is -2.63. The summed E-state index contributed by atoms with van der Waals surface area (Å²) in [4.78, 5) is 35.5. The second-order valence-electron chi connectivity index (χ2n) is 9.54. The highest BCUT2D eigenvalue weighted by atomic mass is 16.2. The maximum atomic E-state index is 13.7. The quantitative estimate of drug-likeness (QED) is 0.765. The van der Waals surface area contributed by atoms with Crippen molar-refractivity contribution >= 4 is 11.8 Å². The number of benzene rings is 1. The highest BCUT2D eigenvalue weighted by Gasteiger charge is 2.59. The zero-order chi connectivity index (χ0) is 20.9. The van der Waals surface area contributed by atoms with Crippen LogP contribution in [0.5, 0.6) is 0 Å². The van der Waals surface area contributed by atoms with E-state index in [-0.39, 0.29) is 17.7 Å². The molecule has 1 aliphatic carbocycles. The van der Waals surface area contributed by atoms with Gasteiger partial charge in [-0.15, -0.1) is 0 Å². The van der Waals surface area contributed by atoms with Crippen molar-refractivity contribution in [2.45, 2.75) is 45.1 Å². The van der Waals surface area contributed by atoms with E-state index >= 15 is 0 Å². The summed E-state index contributed by atoms with van der Waals surface area (Å²) in [6.45, 7) is 6.95. The van der Waals surface area contributed by atoms with E-state index in [1.54, 1.807) is 0 Å². The molecule has 158 valence electrons. The standard InChI is InChI=1S/C24H30N4O2/c1-17(2)28-14-21(25-16-28)20-13-27(22(29)19-6-4-3-5-7-19)15-24(20)10-11-26(23(24)30)12-18-8-9-18/h3-7,14,16-18,20H,8-13,15H2,1-2H3/t20-,24-/m0/s1. The van der Waals surface area contributed by atoms with Crippen LogP contribution in [-0.2, 0) is 4.79 Å². The molecule has 1 aromatic heterocycles. The van der Waals surface area contributed by atoms with Crippen molar-refractivity contribution in [3.63, 3.8) is 0 Å². The largest absolute Gasteiger partial charge is 0.342 e. The van der Waals surface area contributed by atoms with Gasteiger partial charge in [0.1, 0.15) is 0 Å². The Morgan fingerprint density at radius 1 is 1.23 bits per heavy atom. The molecule has 0 bridgehead atoms. The summed E-state index contributed by atoms with van der Waals surface area (Å²) in [6.07, 6.45) is 7.20. The average molecular weight is 407 g/mol. The van der Waals surface area contributed by atoms with E-state index in [0.29, 0.717) is 30.6 Å². The second-order valence-corrected chi connectivity index (χ2v) is 9.54. The van der Waals surface area contributed by atoms with Gasteiger partial charge in [0.05, 0.1) is 17.4 Å². The molecule has 2 atom stereocenters. The predicted molar refractivity (Wildman–Crippen MR) is 114 cm³/mol. The smallest absolute Gasteiger partial charge is 0.253 e. The number of aromatic nitrogens is 2. The molecule has 6 heteroatoms. The van der Waals surface area contributed by atoms with Crippen LogP contribution in [0, 0.1) is 11.3 Å². The molecule has 0 N–H and O–H groups in total. The molecule has 2 aliphatic heterocycles. The van der Waals surface area contributed by atoms with Crippen LogP contribution in [0.4, 0.5) is 0 Å². The lowest BCUT2D eigenvalue weighted by Gasteiger charge is -2.28. The Labute approximate surface area is 177 Å². The molecule has 3 heterocycles. The molecule has 2 aromatic rings. The minimum Gasteiger partial charge on any atom is -0.342 e. The third-order valence-corrected chi connectivity index (χ3v) is 7.14. The van der Waals surface area contributed by atoms with Crippen LogP contribution in [0.15, 0.2) is 42.9 Å². The first-order chi connectivity index (χ1) is 14.5. The number of hydrogen-bond donors (Lipinski definition) is 0. The summed E-state index contributed by atoms with van der Waals surface area (Å²) in [5, 5.41) is 0. The second kappa shape index (κ2) is 7.25. The van der Waals surface area contributed by atoms with Crippen molar-refractivity contribution in [1.82, 2.24) is 19.4 Å². The lowest BCUT2D eigenvalue weighted by Crippen LogP contribution is -2.41. The van der Waals surface area contributed by atoms with Gasteiger partial charge in [0, 0.05) is 49.9 Å². The van der Waals surface area contributed by atoms with Gasteiger partial charge in [-0.2, -0.15) is 0 Å². The van der Waals surface area contributed by atoms with Gasteiger partial charge >= 0.3 is 0 Å². The number of carbonyl (C=O) groups excluding carboxylic acids is 2. The van der Waals surface area contributed by atoms with Crippen LogP contribution in [0.25, 0.3) is 0 Å². The van der Waals surface area contributed by atoms with E-state index in [2.05, 4.69) is 29.5 Å². The first kappa shape index (κ1) is 19.3. The lowest BCUT2D eigenvalue weighted by molar-refractivity contribution is -0.136. The lowest BCUT2D eigenvalue weighted by atomic mass is 9.75. The molecule has 1 aromatic carbocycles. The van der Waals surface area contributed by atoms with Crippen molar-refractivity contribution in [3.05, 3.63) is 54.1 Å². The number of hydrogen-bond acceptors (Lipinski definition) is 3. The molecule has 1 spiro atoms. The maximum Gasteiger partial charge on any atom is 0.253 e. The third-order valence-electron chi connectivity index (χ3n) is 7.14. The number of rotatable bonds is 5. The molecular weight excluding hydrogens is 376 g/mol. The van der Waals surface area contributed by atoms with Crippen molar-refractivity contribution in [2.24, 2.45) is 11.3 Å². The molecule has 1 saturated carbocycles. The zero-order valence-electron chi connectivity index (χ0n) is 17.8. The van der Waals surface area contributed by atoms with Gasteiger partial charge in [-0.1, -0.05) is 18.2 Å². The summed E-state index contributed by atoms with van der Waals surface area (Å²) >= 11 is 0. The SMILES string of the molecule is CC(C)n1cnc([C@@H]2CN(C(=O)c3ccccc3)C[C@@]23CCN(CC2CC2)C3=O)c1. The summed E-state index contributed by atoms with van der Waals surface area (Å²) in [5.74, 6) is 0.851. The van der Waals surface area contributed by atoms with Gasteiger partial charge in [0.2, 0.25) is 5.91 Å². The van der Waals surface area contributed by atoms with Gasteiger partial charge in [-0.25, -0.2) is 4.98 Å². The van der Waals surface area contributed by atoms with Gasteiger partial charge < -0.3 is 14.4 Å². The Morgan fingerprint density at radius 2 is 2.00 bits per heavy atom. The minimum absolute atomic E-state index is 0.00853. The number of amides is 2. The predicted octanol–water partition coefficient (Wildman–Crippen LogP) is 3.33. The van der Waals surface area contributed by atoms with Crippen LogP contribution in [0.2, 0.25) is 0 Å². The fourth-order valence-electron chi connectivity index (χ4n) is 5.13. The van der Waals surface area contributed by atoms with E-state index in [1.165, 1.54) is 12.8 Å². The molecule has 3 fully saturated rings. The number of imidazole rings is 1. The van der Waals surface area contributed by atoms with E-state index in [4.69, 9.17) is 4.98 Å². The summed E-state index contributed by atoms with van der Waals surface area (Å²) < 4.78 is 2.09. The summed E-state index contributed by atoms with van der Waals surface area (Å²) in [7, 11) is 0. The van der Waals surface area contributed by atoms with Crippen molar-refractivity contribution in [1.29, 1.82) is 0 Å². The topological polar surface area (TPSA) is 58.4 Å².